The predicted molar refractivity (Wildman–Crippen MR) is 104 cm³/mol. The van der Waals surface area contributed by atoms with Crippen LogP contribution in [0.1, 0.15) is 15.2 Å². The summed E-state index contributed by atoms with van der Waals surface area (Å²) in [6.45, 7) is -6.24. The van der Waals surface area contributed by atoms with Crippen molar-refractivity contribution >= 4 is 29.0 Å². The fraction of sp³-hybridized carbons (Fsp3) is 0.158. The molecular weight excluding hydrogens is 442 g/mol. The number of hydrogen-bond acceptors (Lipinski definition) is 8. The van der Waals surface area contributed by atoms with Gasteiger partial charge in [0, 0.05) is 34.6 Å². The number of thiazole rings is 1. The van der Waals surface area contributed by atoms with Crippen molar-refractivity contribution in [1.29, 1.82) is 0 Å². The zero-order valence-electron chi connectivity index (χ0n) is 15.6. The van der Waals surface area contributed by atoms with Gasteiger partial charge in [0.2, 0.25) is 0 Å². The molecular formula is C19H15F4N3O4S. The van der Waals surface area contributed by atoms with Crippen LogP contribution in [0.2, 0.25) is 0 Å². The Morgan fingerprint density at radius 2 is 1.65 bits per heavy atom. The largest absolute Gasteiger partial charge is 0.431 e. The molecule has 0 aliphatic heterocycles. The third-order valence-electron chi connectivity index (χ3n) is 4.03. The molecule has 1 heterocycles. The molecule has 0 fully saturated rings. The molecule has 0 aliphatic rings. The van der Waals surface area contributed by atoms with Gasteiger partial charge in [-0.1, -0.05) is 0 Å². The lowest BCUT2D eigenvalue weighted by molar-refractivity contribution is -0.0692. The number of nitrogens with two attached hydrogens (primary N) is 1. The van der Waals surface area contributed by atoms with Crippen molar-refractivity contribution in [3.8, 4) is 17.2 Å². The molecule has 0 saturated heterocycles. The number of alkyl halides is 4. The Labute approximate surface area is 177 Å². The summed E-state index contributed by atoms with van der Waals surface area (Å²) in [5.74, 6) is 4.22. The Hall–Kier alpha value is -3.38. The van der Waals surface area contributed by atoms with E-state index in [-0.39, 0.29) is 17.9 Å². The van der Waals surface area contributed by atoms with E-state index in [4.69, 9.17) is 10.7 Å². The highest BCUT2D eigenvalue weighted by Crippen LogP contribution is 2.38. The first-order chi connectivity index (χ1) is 14.9. The van der Waals surface area contributed by atoms with Crippen LogP contribution in [0, 0.1) is 0 Å². The quantitative estimate of drug-likeness (QED) is 0.267. The average molecular weight is 457 g/mol. The van der Waals surface area contributed by atoms with Crippen molar-refractivity contribution in [2.45, 2.75) is 19.8 Å². The Morgan fingerprint density at radius 1 is 1.00 bits per heavy atom. The van der Waals surface area contributed by atoms with Crippen molar-refractivity contribution in [3.05, 3.63) is 58.5 Å². The molecule has 3 aromatic rings. The summed E-state index contributed by atoms with van der Waals surface area (Å²) in [4.78, 5) is 22.3. The van der Waals surface area contributed by atoms with Gasteiger partial charge in [-0.3, -0.25) is 9.78 Å². The van der Waals surface area contributed by atoms with E-state index in [2.05, 4.69) is 14.5 Å². The van der Waals surface area contributed by atoms with Gasteiger partial charge in [0.25, 0.3) is 0 Å². The van der Waals surface area contributed by atoms with Gasteiger partial charge in [-0.2, -0.15) is 23.5 Å². The fourth-order valence-corrected chi connectivity index (χ4v) is 3.33. The molecule has 0 atom stereocenters. The predicted octanol–water partition coefficient (Wildman–Crippen LogP) is 4.75. The zero-order chi connectivity index (χ0) is 22.4. The van der Waals surface area contributed by atoms with Crippen LogP contribution in [-0.2, 0) is 6.54 Å². The van der Waals surface area contributed by atoms with Crippen molar-refractivity contribution < 1.29 is 36.7 Å². The molecule has 12 heteroatoms. The standard InChI is InChI=1S/C19H15F4N3O4S/c20-18(21)28-15-4-3-13(6-17(15)29-19(22)23)26(8-14-7-25-10-31-14)12-2-1-11(9-27)16(5-12)30-24/h1-7,9-10,18-19H,8,24H2. The summed E-state index contributed by atoms with van der Waals surface area (Å²) in [5.41, 5.74) is 2.60. The van der Waals surface area contributed by atoms with Gasteiger partial charge in [0.05, 0.1) is 17.6 Å². The van der Waals surface area contributed by atoms with Gasteiger partial charge in [-0.05, 0) is 24.3 Å². The Bertz CT molecular complexity index is 1020. The number of aldehydes is 1. The Balaban J connectivity index is 2.08. The topological polar surface area (TPSA) is 86.9 Å². The van der Waals surface area contributed by atoms with Gasteiger partial charge in [0.1, 0.15) is 0 Å². The van der Waals surface area contributed by atoms with Crippen LogP contribution in [0.15, 0.2) is 48.1 Å². The van der Waals surface area contributed by atoms with Crippen LogP contribution in [0.5, 0.6) is 17.2 Å². The smallest absolute Gasteiger partial charge is 0.387 e. The first-order valence-electron chi connectivity index (χ1n) is 8.55. The van der Waals surface area contributed by atoms with E-state index in [0.717, 1.165) is 17.0 Å². The number of rotatable bonds is 10. The summed E-state index contributed by atoms with van der Waals surface area (Å²) in [7, 11) is 0. The number of carbonyl (C=O) groups excluding carboxylic acids is 1. The average Bonchev–Trinajstić information content (AvgIpc) is 3.25. The molecule has 2 N–H and O–H groups in total. The van der Waals surface area contributed by atoms with E-state index < -0.39 is 24.7 Å². The lowest BCUT2D eigenvalue weighted by Gasteiger charge is -2.26. The maximum absolute atomic E-state index is 12.8. The first kappa shape index (κ1) is 22.3. The van der Waals surface area contributed by atoms with Gasteiger partial charge < -0.3 is 19.2 Å². The minimum atomic E-state index is -3.26. The van der Waals surface area contributed by atoms with Crippen LogP contribution >= 0.6 is 11.3 Å². The number of aromatic nitrogens is 1. The molecule has 164 valence electrons. The minimum absolute atomic E-state index is 0.0866. The summed E-state index contributed by atoms with van der Waals surface area (Å²) in [6, 6.07) is 8.16. The fourth-order valence-electron chi connectivity index (χ4n) is 2.74. The van der Waals surface area contributed by atoms with E-state index in [1.807, 2.05) is 0 Å². The SMILES string of the molecule is NOc1cc(N(Cc2cncs2)c2ccc(OC(F)F)c(OC(F)F)c2)ccc1C=O. The Morgan fingerprint density at radius 3 is 2.23 bits per heavy atom. The molecule has 2 aromatic carbocycles. The van der Waals surface area contributed by atoms with E-state index in [1.165, 1.54) is 29.5 Å². The van der Waals surface area contributed by atoms with Gasteiger partial charge in [0.15, 0.2) is 23.5 Å². The lowest BCUT2D eigenvalue weighted by atomic mass is 10.1. The van der Waals surface area contributed by atoms with Gasteiger partial charge in [-0.15, -0.1) is 11.3 Å². The maximum Gasteiger partial charge on any atom is 0.387 e. The highest BCUT2D eigenvalue weighted by atomic mass is 32.1. The van der Waals surface area contributed by atoms with E-state index in [0.29, 0.717) is 17.7 Å². The summed E-state index contributed by atoms with van der Waals surface area (Å²) < 4.78 is 59.6. The third kappa shape index (κ3) is 5.61. The van der Waals surface area contributed by atoms with E-state index in [1.54, 1.807) is 22.7 Å². The van der Waals surface area contributed by atoms with Crippen molar-refractivity contribution in [2.75, 3.05) is 4.90 Å². The van der Waals surface area contributed by atoms with Crippen LogP contribution in [-0.4, -0.2) is 24.5 Å². The van der Waals surface area contributed by atoms with E-state index in [9.17, 15) is 22.4 Å². The number of nitrogens with zero attached hydrogens (tertiary/aromatic N) is 2. The summed E-state index contributed by atoms with van der Waals surface area (Å²) >= 11 is 1.34. The zero-order valence-corrected chi connectivity index (χ0v) is 16.4. The molecule has 0 spiro atoms. The summed E-state index contributed by atoms with van der Waals surface area (Å²) in [6.07, 6.45) is 2.17. The molecule has 0 aliphatic carbocycles. The van der Waals surface area contributed by atoms with Gasteiger partial charge >= 0.3 is 13.2 Å². The Kier molecular flexibility index (Phi) is 7.26. The molecule has 1 aromatic heterocycles. The minimum Gasteiger partial charge on any atom is -0.431 e. The third-order valence-corrected chi connectivity index (χ3v) is 4.80. The van der Waals surface area contributed by atoms with Crippen molar-refractivity contribution in [2.24, 2.45) is 5.90 Å². The second-order valence-electron chi connectivity index (χ2n) is 5.90. The van der Waals surface area contributed by atoms with Crippen LogP contribution < -0.4 is 25.1 Å². The number of halogens is 4. The molecule has 7 nitrogen and oxygen atoms in total. The number of carbonyl (C=O) groups is 1. The number of ether oxygens (including phenoxy) is 2. The number of anilines is 2. The molecule has 0 saturated carbocycles. The lowest BCUT2D eigenvalue weighted by Crippen LogP contribution is -2.17. The van der Waals surface area contributed by atoms with Crippen LogP contribution in [0.25, 0.3) is 0 Å². The van der Waals surface area contributed by atoms with Crippen molar-refractivity contribution in [1.82, 2.24) is 4.98 Å². The monoisotopic (exact) mass is 457 g/mol. The highest BCUT2D eigenvalue weighted by Gasteiger charge is 2.20. The van der Waals surface area contributed by atoms with Crippen molar-refractivity contribution in [3.63, 3.8) is 0 Å². The van der Waals surface area contributed by atoms with Crippen LogP contribution in [0.4, 0.5) is 28.9 Å². The molecule has 0 bridgehead atoms. The normalized spacial score (nSPS) is 10.9. The second-order valence-corrected chi connectivity index (χ2v) is 6.87. The number of benzene rings is 2. The summed E-state index contributed by atoms with van der Waals surface area (Å²) in [5, 5.41) is 0. The molecule has 3 rings (SSSR count). The first-order valence-corrected chi connectivity index (χ1v) is 9.43. The van der Waals surface area contributed by atoms with Gasteiger partial charge in [-0.25, -0.2) is 0 Å². The molecule has 0 amide bonds. The molecule has 0 unspecified atom stereocenters. The van der Waals surface area contributed by atoms with E-state index >= 15 is 0 Å². The molecule has 0 radical (unpaired) electrons. The number of hydrogen-bond donors (Lipinski definition) is 1. The second kappa shape index (κ2) is 10.1. The maximum atomic E-state index is 12.8. The molecule has 31 heavy (non-hydrogen) atoms. The highest BCUT2D eigenvalue weighted by molar-refractivity contribution is 7.09. The van der Waals surface area contributed by atoms with Crippen LogP contribution in [0.3, 0.4) is 0 Å².